The molecule has 3 aliphatic rings. The van der Waals surface area contributed by atoms with Crippen molar-refractivity contribution in [3.05, 3.63) is 12.3 Å². The third-order valence-corrected chi connectivity index (χ3v) is 6.61. The van der Waals surface area contributed by atoms with Crippen LogP contribution in [0.3, 0.4) is 0 Å². The third-order valence-electron chi connectivity index (χ3n) is 6.12. The van der Waals surface area contributed by atoms with E-state index in [0.717, 1.165) is 32.1 Å². The fraction of sp³-hybridized carbons (Fsp3) is 0.778. The lowest BCUT2D eigenvalue weighted by Crippen LogP contribution is -2.41. The summed E-state index contributed by atoms with van der Waals surface area (Å²) in [5.41, 5.74) is 5.48. The summed E-state index contributed by atoms with van der Waals surface area (Å²) in [6, 6.07) is 0. The SMILES string of the molecule is NC1=NC(=O)C2CCCCCCCC12/C=C\NC1OC(COP(=O)(O)O)C(O)C1O. The second-order valence-electron chi connectivity index (χ2n) is 8.10. The number of fused-ring (bicyclic) bond motifs is 1. The number of hydrogen-bond acceptors (Lipinski definition) is 8. The van der Waals surface area contributed by atoms with Crippen LogP contribution in [0, 0.1) is 11.3 Å². The molecule has 0 bridgehead atoms. The van der Waals surface area contributed by atoms with Crippen LogP contribution < -0.4 is 11.1 Å². The van der Waals surface area contributed by atoms with Crippen LogP contribution >= 0.6 is 7.82 Å². The molecular weight excluding hydrogens is 417 g/mol. The lowest BCUT2D eigenvalue weighted by atomic mass is 9.71. The number of aliphatic imine (C=N–C) groups is 1. The van der Waals surface area contributed by atoms with Crippen molar-refractivity contribution in [2.24, 2.45) is 22.1 Å². The van der Waals surface area contributed by atoms with Gasteiger partial charge < -0.3 is 35.8 Å². The molecule has 0 spiro atoms. The lowest BCUT2D eigenvalue weighted by Gasteiger charge is -2.31. The summed E-state index contributed by atoms with van der Waals surface area (Å²) in [6.45, 7) is -0.579. The van der Waals surface area contributed by atoms with E-state index in [1.54, 1.807) is 12.3 Å². The van der Waals surface area contributed by atoms with Gasteiger partial charge in [-0.05, 0) is 19.0 Å². The molecule has 0 aromatic heterocycles. The normalized spacial score (nSPS) is 38.1. The maximum Gasteiger partial charge on any atom is 0.469 e. The molecule has 2 fully saturated rings. The number of nitrogens with one attached hydrogen (secondary N) is 1. The quantitative estimate of drug-likeness (QED) is 0.300. The van der Waals surface area contributed by atoms with Gasteiger partial charge in [-0.15, -0.1) is 0 Å². The first-order valence-corrected chi connectivity index (χ1v) is 11.7. The summed E-state index contributed by atoms with van der Waals surface area (Å²) in [5, 5.41) is 23.1. The van der Waals surface area contributed by atoms with Crippen molar-refractivity contribution in [2.75, 3.05) is 6.61 Å². The van der Waals surface area contributed by atoms with Gasteiger partial charge in [0.1, 0.15) is 24.1 Å². The highest BCUT2D eigenvalue weighted by Gasteiger charge is 2.49. The minimum Gasteiger partial charge on any atom is -0.387 e. The molecule has 6 atom stereocenters. The van der Waals surface area contributed by atoms with Crippen LogP contribution in [0.2, 0.25) is 0 Å². The summed E-state index contributed by atoms with van der Waals surface area (Å²) in [7, 11) is -4.73. The number of ether oxygens (including phenoxy) is 1. The predicted octanol–water partition coefficient (Wildman–Crippen LogP) is -0.110. The van der Waals surface area contributed by atoms with Crippen molar-refractivity contribution in [2.45, 2.75) is 69.5 Å². The van der Waals surface area contributed by atoms with Gasteiger partial charge in [0.05, 0.1) is 17.9 Å². The summed E-state index contributed by atoms with van der Waals surface area (Å²) >= 11 is 0. The molecule has 2 heterocycles. The Kier molecular flexibility index (Phi) is 7.34. The summed E-state index contributed by atoms with van der Waals surface area (Å²) in [6.07, 6.45) is 4.92. The van der Waals surface area contributed by atoms with Crippen LogP contribution in [-0.4, -0.2) is 62.9 Å². The number of carbonyl (C=O) groups is 1. The van der Waals surface area contributed by atoms with E-state index in [9.17, 15) is 19.6 Å². The minimum absolute atomic E-state index is 0.207. The van der Waals surface area contributed by atoms with Gasteiger partial charge in [0.2, 0.25) is 0 Å². The van der Waals surface area contributed by atoms with Crippen LogP contribution in [0.5, 0.6) is 0 Å². The lowest BCUT2D eigenvalue weighted by molar-refractivity contribution is -0.122. The first-order chi connectivity index (χ1) is 14.1. The van der Waals surface area contributed by atoms with E-state index >= 15 is 0 Å². The van der Waals surface area contributed by atoms with Gasteiger partial charge >= 0.3 is 7.82 Å². The first kappa shape index (κ1) is 23.3. The highest BCUT2D eigenvalue weighted by molar-refractivity contribution is 7.46. The van der Waals surface area contributed by atoms with Gasteiger partial charge in [0, 0.05) is 0 Å². The minimum atomic E-state index is -4.73. The van der Waals surface area contributed by atoms with E-state index < -0.39 is 44.4 Å². The molecule has 1 saturated heterocycles. The largest absolute Gasteiger partial charge is 0.469 e. The van der Waals surface area contributed by atoms with E-state index in [1.807, 2.05) is 0 Å². The summed E-state index contributed by atoms with van der Waals surface area (Å²) < 4.78 is 20.6. The molecule has 12 heteroatoms. The standard InChI is InChI=1S/C18H30N3O8P/c19-17-18(7-5-3-1-2-4-6-11(18)15(24)21-17)8-9-20-16-14(23)13(22)12(29-16)10-28-30(25,26)27/h8-9,11-14,16,20,22-23H,1-7,10H2,(H2,19,21,24)(H2,25,26,27)/b9-8-. The van der Waals surface area contributed by atoms with Crippen molar-refractivity contribution in [3.8, 4) is 0 Å². The molecule has 2 aliphatic heterocycles. The van der Waals surface area contributed by atoms with Crippen LogP contribution in [0.4, 0.5) is 0 Å². The number of amides is 1. The fourth-order valence-corrected chi connectivity index (χ4v) is 4.79. The molecule has 1 aliphatic carbocycles. The number of amidine groups is 1. The Hall–Kier alpha value is -1.33. The molecule has 30 heavy (non-hydrogen) atoms. The van der Waals surface area contributed by atoms with Crippen molar-refractivity contribution in [1.29, 1.82) is 0 Å². The second kappa shape index (κ2) is 9.44. The highest BCUT2D eigenvalue weighted by Crippen LogP contribution is 2.44. The Labute approximate surface area is 174 Å². The molecular formula is C18H30N3O8P. The number of phosphoric acid groups is 1. The number of nitrogens with zero attached hydrogens (tertiary/aromatic N) is 1. The highest BCUT2D eigenvalue weighted by atomic mass is 31.2. The number of rotatable bonds is 6. The maximum atomic E-state index is 12.4. The first-order valence-electron chi connectivity index (χ1n) is 10.2. The molecule has 6 unspecified atom stereocenters. The van der Waals surface area contributed by atoms with Crippen LogP contribution in [0.15, 0.2) is 17.3 Å². The molecule has 1 saturated carbocycles. The van der Waals surface area contributed by atoms with Gasteiger partial charge in [0.25, 0.3) is 5.91 Å². The van der Waals surface area contributed by atoms with Crippen LogP contribution in [0.1, 0.15) is 44.9 Å². The Balaban J connectivity index is 1.68. The smallest absolute Gasteiger partial charge is 0.387 e. The van der Waals surface area contributed by atoms with Crippen LogP contribution in [0.25, 0.3) is 0 Å². The van der Waals surface area contributed by atoms with Crippen molar-refractivity contribution < 1.29 is 38.6 Å². The number of nitrogens with two attached hydrogens (primary N) is 1. The maximum absolute atomic E-state index is 12.4. The van der Waals surface area contributed by atoms with Crippen molar-refractivity contribution in [1.82, 2.24) is 5.32 Å². The number of hydrogen-bond donors (Lipinski definition) is 6. The monoisotopic (exact) mass is 447 g/mol. The average molecular weight is 447 g/mol. The predicted molar refractivity (Wildman–Crippen MR) is 106 cm³/mol. The molecule has 3 rings (SSSR count). The Morgan fingerprint density at radius 1 is 1.23 bits per heavy atom. The zero-order valence-electron chi connectivity index (χ0n) is 16.6. The topological polar surface area (TPSA) is 184 Å². The van der Waals surface area contributed by atoms with Gasteiger partial charge in [-0.2, -0.15) is 4.99 Å². The van der Waals surface area contributed by atoms with E-state index in [-0.39, 0.29) is 11.8 Å². The number of aliphatic hydroxyl groups excluding tert-OH is 2. The van der Waals surface area contributed by atoms with E-state index in [4.69, 9.17) is 20.3 Å². The molecule has 7 N–H and O–H groups in total. The fourth-order valence-electron chi connectivity index (χ4n) is 4.45. The van der Waals surface area contributed by atoms with Crippen molar-refractivity contribution >= 4 is 19.6 Å². The third kappa shape index (κ3) is 5.11. The number of carbonyl (C=O) groups excluding carboxylic acids is 1. The summed E-state index contributed by atoms with van der Waals surface area (Å²) in [5.74, 6) is -0.238. The number of phosphoric ester groups is 1. The van der Waals surface area contributed by atoms with E-state index in [2.05, 4.69) is 14.8 Å². The van der Waals surface area contributed by atoms with Gasteiger partial charge in [-0.3, -0.25) is 9.32 Å². The molecule has 0 aromatic carbocycles. The molecule has 0 radical (unpaired) electrons. The average Bonchev–Trinajstić information content (AvgIpc) is 3.11. The van der Waals surface area contributed by atoms with E-state index in [1.165, 1.54) is 0 Å². The second-order valence-corrected chi connectivity index (χ2v) is 9.34. The molecule has 11 nitrogen and oxygen atoms in total. The van der Waals surface area contributed by atoms with Crippen LogP contribution in [-0.2, 0) is 18.6 Å². The Bertz CT molecular complexity index is 741. The summed E-state index contributed by atoms with van der Waals surface area (Å²) in [4.78, 5) is 34.0. The molecule has 1 amide bonds. The zero-order chi connectivity index (χ0) is 21.9. The zero-order valence-corrected chi connectivity index (χ0v) is 17.5. The number of aliphatic hydroxyl groups is 2. The van der Waals surface area contributed by atoms with Crippen molar-refractivity contribution in [3.63, 3.8) is 0 Å². The Morgan fingerprint density at radius 2 is 1.93 bits per heavy atom. The Morgan fingerprint density at radius 3 is 2.67 bits per heavy atom. The van der Waals surface area contributed by atoms with Gasteiger partial charge in [0.15, 0.2) is 6.23 Å². The van der Waals surface area contributed by atoms with Gasteiger partial charge in [-0.1, -0.05) is 38.2 Å². The molecule has 0 aromatic rings. The van der Waals surface area contributed by atoms with Gasteiger partial charge in [-0.25, -0.2) is 4.57 Å². The molecule has 170 valence electrons. The van der Waals surface area contributed by atoms with E-state index in [0.29, 0.717) is 18.7 Å².